The standard InChI is InChI=1S/C10H10O.C8H9AsBrNO5/c11-10-7-3-5-8-4-1-2-6-9(8)10;1-5(12)11-7-4-2-3-6(10)8(7)9(13,14)16-15/h1-2,4,6H,3,5,7H2;2-4,15H,1H3,(H,11,12)(H,13,14). The Labute approximate surface area is 167 Å². The number of fused-ring (bicyclic) bond motifs is 1. The fourth-order valence-corrected chi connectivity index (χ4v) is 6.06. The molecular weight excluding hydrogens is 481 g/mol. The molecule has 9 heteroatoms. The minimum absolute atomic E-state index is 0.126. The number of aryl methyl sites for hydroxylation is 1. The van der Waals surface area contributed by atoms with Crippen molar-refractivity contribution < 1.29 is 26.6 Å². The Hall–Kier alpha value is -1.70. The van der Waals surface area contributed by atoms with Gasteiger partial charge in [-0.05, 0) is 18.4 Å². The van der Waals surface area contributed by atoms with Gasteiger partial charge in [-0.15, -0.1) is 0 Å². The van der Waals surface area contributed by atoms with Crippen LogP contribution in [0.15, 0.2) is 46.9 Å². The first-order valence-electron chi connectivity index (χ1n) is 8.10. The number of carbonyl (C=O) groups excluding carboxylic acids is 2. The van der Waals surface area contributed by atoms with Crippen molar-refractivity contribution >= 4 is 51.8 Å². The number of Topliss-reactive ketones (excluding diaryl/α,β-unsaturated/α-hetero) is 1. The van der Waals surface area contributed by atoms with Crippen LogP contribution >= 0.6 is 15.9 Å². The van der Waals surface area contributed by atoms with Gasteiger partial charge >= 0.3 is 103 Å². The number of nitrogens with one attached hydrogen (secondary N) is 1. The van der Waals surface area contributed by atoms with Gasteiger partial charge in [-0.25, -0.2) is 0 Å². The summed E-state index contributed by atoms with van der Waals surface area (Å²) in [5, 5.41) is 10.8. The van der Waals surface area contributed by atoms with Gasteiger partial charge in [-0.2, -0.15) is 0 Å². The van der Waals surface area contributed by atoms with E-state index in [4.69, 9.17) is 5.26 Å². The van der Waals surface area contributed by atoms with Crippen LogP contribution in [0.4, 0.5) is 5.69 Å². The molecule has 0 spiro atoms. The van der Waals surface area contributed by atoms with E-state index in [0.29, 0.717) is 5.78 Å². The molecule has 0 aromatic heterocycles. The average Bonchev–Trinajstić information content (AvgIpc) is 2.62. The van der Waals surface area contributed by atoms with Crippen LogP contribution < -0.4 is 9.67 Å². The summed E-state index contributed by atoms with van der Waals surface area (Å²) < 4.78 is 24.8. The number of carbonyl (C=O) groups is 2. The van der Waals surface area contributed by atoms with Gasteiger partial charge in [0, 0.05) is 12.0 Å². The fraction of sp³-hybridized carbons (Fsp3) is 0.222. The summed E-state index contributed by atoms with van der Waals surface area (Å²) in [6.07, 6.45) is 2.83. The number of hydrogen-bond acceptors (Lipinski definition) is 5. The topological polar surface area (TPSA) is 113 Å². The second kappa shape index (κ2) is 9.48. The minimum Gasteiger partial charge on any atom is -0.294 e. The monoisotopic (exact) mass is 499 g/mol. The molecule has 0 radical (unpaired) electrons. The van der Waals surface area contributed by atoms with Gasteiger partial charge in [0.25, 0.3) is 0 Å². The van der Waals surface area contributed by atoms with Crippen molar-refractivity contribution in [3.63, 3.8) is 0 Å². The summed E-state index contributed by atoms with van der Waals surface area (Å²) in [4.78, 5) is 22.2. The van der Waals surface area contributed by atoms with E-state index < -0.39 is 20.1 Å². The van der Waals surface area contributed by atoms with E-state index in [1.54, 1.807) is 6.07 Å². The predicted molar refractivity (Wildman–Crippen MR) is 104 cm³/mol. The van der Waals surface area contributed by atoms with E-state index in [1.807, 2.05) is 24.3 Å². The first-order chi connectivity index (χ1) is 12.8. The number of rotatable bonds is 3. The Morgan fingerprint density at radius 2 is 1.89 bits per heavy atom. The van der Waals surface area contributed by atoms with Crippen molar-refractivity contribution in [3.8, 4) is 0 Å². The molecule has 3 rings (SSSR count). The molecule has 1 aliphatic rings. The van der Waals surface area contributed by atoms with Gasteiger partial charge in [-0.3, -0.25) is 4.79 Å². The van der Waals surface area contributed by atoms with Crippen molar-refractivity contribution in [1.29, 1.82) is 0 Å². The van der Waals surface area contributed by atoms with E-state index in [0.717, 1.165) is 24.8 Å². The molecular formula is C18H19AsBrNO6. The first-order valence-corrected chi connectivity index (χ1v) is 12.2. The van der Waals surface area contributed by atoms with Crippen molar-refractivity contribution in [1.82, 2.24) is 0 Å². The van der Waals surface area contributed by atoms with Crippen LogP contribution in [-0.2, 0) is 18.8 Å². The van der Waals surface area contributed by atoms with Gasteiger partial charge in [0.05, 0.1) is 0 Å². The van der Waals surface area contributed by atoms with Crippen LogP contribution in [0.2, 0.25) is 0 Å². The normalized spacial score (nSPS) is 15.0. The molecule has 27 heavy (non-hydrogen) atoms. The van der Waals surface area contributed by atoms with Crippen molar-refractivity contribution in [2.75, 3.05) is 5.32 Å². The molecule has 0 aliphatic heterocycles. The zero-order valence-corrected chi connectivity index (χ0v) is 18.0. The molecule has 1 amide bonds. The van der Waals surface area contributed by atoms with Crippen molar-refractivity contribution in [3.05, 3.63) is 58.1 Å². The minimum atomic E-state index is -5.02. The SMILES string of the molecule is CC(=O)Nc1cccc(Br)c1[As](=O)(O)OO.O=C1CCCc2ccccc21. The predicted octanol–water partition coefficient (Wildman–Crippen LogP) is 2.67. The van der Waals surface area contributed by atoms with E-state index in [9.17, 15) is 17.4 Å². The number of halogens is 1. The van der Waals surface area contributed by atoms with Crippen LogP contribution in [0.3, 0.4) is 0 Å². The maximum atomic E-state index is 11.6. The summed E-state index contributed by atoms with van der Waals surface area (Å²) in [6.45, 7) is 1.26. The van der Waals surface area contributed by atoms with Gasteiger partial charge < -0.3 is 0 Å². The Bertz CT molecular complexity index is 901. The van der Waals surface area contributed by atoms with Crippen LogP contribution in [0.1, 0.15) is 35.7 Å². The second-order valence-corrected chi connectivity index (χ2v) is 10.2. The molecule has 0 heterocycles. The van der Waals surface area contributed by atoms with Gasteiger partial charge in [0.1, 0.15) is 0 Å². The van der Waals surface area contributed by atoms with Crippen LogP contribution in [0.5, 0.6) is 0 Å². The summed E-state index contributed by atoms with van der Waals surface area (Å²) in [5.41, 5.74) is 2.29. The van der Waals surface area contributed by atoms with E-state index in [2.05, 4.69) is 25.1 Å². The molecule has 7 nitrogen and oxygen atoms in total. The smallest absolute Gasteiger partial charge is 0.163 e. The number of anilines is 1. The largest absolute Gasteiger partial charge is 0.294 e. The van der Waals surface area contributed by atoms with Gasteiger partial charge in [-0.1, -0.05) is 24.3 Å². The Morgan fingerprint density at radius 3 is 2.52 bits per heavy atom. The zero-order chi connectivity index (χ0) is 20.0. The average molecular weight is 500 g/mol. The second-order valence-electron chi connectivity index (χ2n) is 5.85. The summed E-state index contributed by atoms with van der Waals surface area (Å²) >= 11 is -1.97. The summed E-state index contributed by atoms with van der Waals surface area (Å²) in [6, 6.07) is 12.4. The molecule has 2 aromatic carbocycles. The van der Waals surface area contributed by atoms with Crippen molar-refractivity contribution in [2.45, 2.75) is 26.2 Å². The zero-order valence-electron chi connectivity index (χ0n) is 14.5. The molecule has 2 aromatic rings. The number of hydrogen-bond donors (Lipinski definition) is 3. The molecule has 0 fully saturated rings. The third kappa shape index (κ3) is 5.64. The molecule has 0 bridgehead atoms. The first kappa shape index (κ1) is 21.6. The quantitative estimate of drug-likeness (QED) is 0.340. The molecule has 0 saturated heterocycles. The third-order valence-corrected chi connectivity index (χ3v) is 7.85. The van der Waals surface area contributed by atoms with Crippen LogP contribution in [0.25, 0.3) is 0 Å². The molecule has 0 saturated carbocycles. The van der Waals surface area contributed by atoms with E-state index in [-0.39, 0.29) is 14.5 Å². The molecule has 144 valence electrons. The van der Waals surface area contributed by atoms with Gasteiger partial charge in [0.15, 0.2) is 5.78 Å². The Balaban J connectivity index is 0.000000206. The van der Waals surface area contributed by atoms with E-state index in [1.165, 1.54) is 24.6 Å². The van der Waals surface area contributed by atoms with E-state index >= 15 is 0 Å². The number of ketones is 1. The summed E-state index contributed by atoms with van der Waals surface area (Å²) in [7, 11) is 0. The molecule has 1 unspecified atom stereocenters. The number of amides is 1. The van der Waals surface area contributed by atoms with Crippen LogP contribution in [-0.4, -0.2) is 35.2 Å². The fourth-order valence-electron chi connectivity index (χ4n) is 2.72. The maximum absolute atomic E-state index is 11.6. The Kier molecular flexibility index (Phi) is 7.58. The molecule has 3 N–H and O–H groups in total. The Morgan fingerprint density at radius 1 is 1.19 bits per heavy atom. The maximum Gasteiger partial charge on any atom is 0.163 e. The number of benzene rings is 2. The van der Waals surface area contributed by atoms with Crippen molar-refractivity contribution in [2.24, 2.45) is 0 Å². The third-order valence-electron chi connectivity index (χ3n) is 3.86. The molecule has 1 atom stereocenters. The van der Waals surface area contributed by atoms with Crippen LogP contribution in [0, 0.1) is 0 Å². The molecule has 1 aliphatic carbocycles. The summed E-state index contributed by atoms with van der Waals surface area (Å²) in [5.74, 6) is -0.0837. The van der Waals surface area contributed by atoms with Gasteiger partial charge in [0.2, 0.25) is 0 Å².